The first kappa shape index (κ1) is 31.0. The number of aliphatic hydroxyl groups is 1. The van der Waals surface area contributed by atoms with E-state index < -0.39 is 47.6 Å². The SMILES string of the molecule is [B]C(=O)[C@@H](C)NC(=O)[C@H](CCCCN)NC(=O)[C@@H](NC(=O)CCCCCN1C(=O)C=CC1=O)[C@@H](C)O. The van der Waals surface area contributed by atoms with Gasteiger partial charge in [0.15, 0.2) is 7.85 Å². The first-order valence-electron chi connectivity index (χ1n) is 12.1. The molecule has 0 aliphatic carbocycles. The smallest absolute Gasteiger partial charge is 0.253 e. The number of hydrogen-bond acceptors (Lipinski definition) is 8. The maximum absolute atomic E-state index is 12.8. The lowest BCUT2D eigenvalue weighted by atomic mass is 9.96. The number of aliphatic hydroxyl groups excluding tert-OH is 1. The van der Waals surface area contributed by atoms with Gasteiger partial charge < -0.3 is 31.6 Å². The highest BCUT2D eigenvalue weighted by molar-refractivity contribution is 6.59. The van der Waals surface area contributed by atoms with Gasteiger partial charge in [-0.25, -0.2) is 0 Å². The van der Waals surface area contributed by atoms with Gasteiger partial charge in [0.25, 0.3) is 11.8 Å². The van der Waals surface area contributed by atoms with Crippen LogP contribution in [0.3, 0.4) is 0 Å². The fourth-order valence-electron chi connectivity index (χ4n) is 3.44. The van der Waals surface area contributed by atoms with E-state index in [1.54, 1.807) is 0 Å². The van der Waals surface area contributed by atoms with Crippen LogP contribution in [0.25, 0.3) is 0 Å². The molecule has 0 spiro atoms. The minimum Gasteiger partial charge on any atom is -0.391 e. The van der Waals surface area contributed by atoms with Crippen molar-refractivity contribution in [2.24, 2.45) is 5.73 Å². The van der Waals surface area contributed by atoms with Crippen LogP contribution in [-0.2, 0) is 28.8 Å². The lowest BCUT2D eigenvalue weighted by Gasteiger charge is -2.25. The highest BCUT2D eigenvalue weighted by Gasteiger charge is 2.30. The molecule has 198 valence electrons. The molecule has 1 heterocycles. The summed E-state index contributed by atoms with van der Waals surface area (Å²) in [5, 5.41) is 17.5. The topological polar surface area (TPSA) is 188 Å². The molecule has 0 fully saturated rings. The molecule has 2 radical (unpaired) electrons. The van der Waals surface area contributed by atoms with Crippen LogP contribution >= 0.6 is 0 Å². The second-order valence-electron chi connectivity index (χ2n) is 8.74. The number of nitrogens with two attached hydrogens (primary N) is 1. The van der Waals surface area contributed by atoms with Crippen molar-refractivity contribution >= 4 is 43.1 Å². The van der Waals surface area contributed by atoms with Crippen LogP contribution < -0.4 is 21.7 Å². The molecular weight excluding hydrogens is 469 g/mol. The van der Waals surface area contributed by atoms with Gasteiger partial charge in [-0.05, 0) is 52.5 Å². The highest BCUT2D eigenvalue weighted by atomic mass is 16.3. The number of carbonyl (C=O) groups excluding carboxylic acids is 6. The molecule has 4 atom stereocenters. The van der Waals surface area contributed by atoms with Gasteiger partial charge in [0.1, 0.15) is 12.1 Å². The van der Waals surface area contributed by atoms with Crippen molar-refractivity contribution in [3.8, 4) is 0 Å². The van der Waals surface area contributed by atoms with Gasteiger partial charge in [-0.2, -0.15) is 0 Å². The van der Waals surface area contributed by atoms with Crippen molar-refractivity contribution in [2.75, 3.05) is 13.1 Å². The lowest BCUT2D eigenvalue weighted by molar-refractivity contribution is -0.137. The van der Waals surface area contributed by atoms with Crippen LogP contribution in [0.1, 0.15) is 58.8 Å². The maximum Gasteiger partial charge on any atom is 0.253 e. The molecule has 0 aromatic heterocycles. The predicted octanol–water partition coefficient (Wildman–Crippen LogP) is -1.85. The number of rotatable bonds is 17. The third kappa shape index (κ3) is 10.7. The monoisotopic (exact) mass is 505 g/mol. The second kappa shape index (κ2) is 15.8. The second-order valence-corrected chi connectivity index (χ2v) is 8.74. The summed E-state index contributed by atoms with van der Waals surface area (Å²) in [5.74, 6) is -2.56. The molecule has 6 N–H and O–H groups in total. The summed E-state index contributed by atoms with van der Waals surface area (Å²) in [6, 6.07) is -3.27. The molecule has 1 aliphatic rings. The third-order valence-electron chi connectivity index (χ3n) is 5.63. The van der Waals surface area contributed by atoms with Crippen LogP contribution in [0.5, 0.6) is 0 Å². The quantitative estimate of drug-likeness (QED) is 0.0865. The number of amides is 5. The zero-order chi connectivity index (χ0) is 27.3. The number of nitrogens with one attached hydrogen (secondary N) is 3. The van der Waals surface area contributed by atoms with E-state index in [1.807, 2.05) is 0 Å². The van der Waals surface area contributed by atoms with E-state index in [0.29, 0.717) is 38.6 Å². The molecule has 0 saturated heterocycles. The van der Waals surface area contributed by atoms with Crippen molar-refractivity contribution in [1.82, 2.24) is 20.9 Å². The zero-order valence-corrected chi connectivity index (χ0v) is 20.8. The third-order valence-corrected chi connectivity index (χ3v) is 5.63. The van der Waals surface area contributed by atoms with E-state index in [-0.39, 0.29) is 31.2 Å². The van der Waals surface area contributed by atoms with Crippen LogP contribution in [0.4, 0.5) is 0 Å². The molecule has 36 heavy (non-hydrogen) atoms. The number of imide groups is 1. The standard InChI is InChI=1S/C23H36BN5O7/c1-14(21(24)34)26-22(35)16(8-5-6-12-25)27-23(36)20(15(2)30)28-17(31)9-4-3-7-13-29-18(32)10-11-19(29)33/h10-11,14-16,20,30H,3-9,12-13,25H2,1-2H3,(H,26,35)(H,27,36)(H,28,31)/t14-,15-,16+,20+/m1/s1. The van der Waals surface area contributed by atoms with Gasteiger partial charge in [0.05, 0.1) is 17.8 Å². The Morgan fingerprint density at radius 3 is 2.14 bits per heavy atom. The lowest BCUT2D eigenvalue weighted by Crippen LogP contribution is -2.58. The fraction of sp³-hybridized carbons (Fsp3) is 0.652. The molecule has 5 amide bonds. The van der Waals surface area contributed by atoms with Crippen LogP contribution in [0.2, 0.25) is 0 Å². The highest BCUT2D eigenvalue weighted by Crippen LogP contribution is 2.08. The normalized spacial score (nSPS) is 16.3. The van der Waals surface area contributed by atoms with E-state index in [2.05, 4.69) is 16.0 Å². The van der Waals surface area contributed by atoms with Crippen molar-refractivity contribution in [1.29, 1.82) is 0 Å². The Kier molecular flexibility index (Phi) is 13.6. The van der Waals surface area contributed by atoms with Crippen molar-refractivity contribution in [3.63, 3.8) is 0 Å². The Balaban J connectivity index is 2.59. The number of carbonyl (C=O) groups is 6. The summed E-state index contributed by atoms with van der Waals surface area (Å²) in [7, 11) is 5.18. The molecule has 13 heteroatoms. The molecule has 0 unspecified atom stereocenters. The Hall–Kier alpha value is -3.06. The summed E-state index contributed by atoms with van der Waals surface area (Å²) < 4.78 is 0. The van der Waals surface area contributed by atoms with Gasteiger partial charge in [-0.1, -0.05) is 6.42 Å². The summed E-state index contributed by atoms with van der Waals surface area (Å²) in [4.78, 5) is 73.2. The van der Waals surface area contributed by atoms with Gasteiger partial charge >= 0.3 is 0 Å². The van der Waals surface area contributed by atoms with Gasteiger partial charge in [0, 0.05) is 25.1 Å². The summed E-state index contributed by atoms with van der Waals surface area (Å²) in [6.45, 7) is 3.40. The number of hydrogen-bond donors (Lipinski definition) is 5. The van der Waals surface area contributed by atoms with Crippen LogP contribution in [-0.4, -0.2) is 90.4 Å². The molecule has 0 aromatic rings. The first-order valence-corrected chi connectivity index (χ1v) is 12.1. The predicted molar refractivity (Wildman–Crippen MR) is 131 cm³/mol. The maximum atomic E-state index is 12.8. The molecule has 0 bridgehead atoms. The summed E-state index contributed by atoms with van der Waals surface area (Å²) >= 11 is 0. The summed E-state index contributed by atoms with van der Waals surface area (Å²) in [6.07, 6.45) is 4.14. The molecule has 1 rings (SSSR count). The minimum atomic E-state index is -1.30. The van der Waals surface area contributed by atoms with E-state index in [0.717, 1.165) is 4.90 Å². The first-order chi connectivity index (χ1) is 17.0. The Bertz CT molecular complexity index is 831. The van der Waals surface area contributed by atoms with E-state index in [1.165, 1.54) is 26.0 Å². The average molecular weight is 505 g/mol. The number of nitrogens with zero attached hydrogens (tertiary/aromatic N) is 1. The Morgan fingerprint density at radius 2 is 1.58 bits per heavy atom. The van der Waals surface area contributed by atoms with Crippen molar-refractivity contribution in [3.05, 3.63) is 12.2 Å². The van der Waals surface area contributed by atoms with Crippen molar-refractivity contribution in [2.45, 2.75) is 83.0 Å². The Morgan fingerprint density at radius 1 is 0.944 bits per heavy atom. The summed E-state index contributed by atoms with van der Waals surface area (Å²) in [5.41, 5.74) is 4.76. The molecule has 12 nitrogen and oxygen atoms in total. The van der Waals surface area contributed by atoms with Crippen LogP contribution in [0, 0.1) is 0 Å². The van der Waals surface area contributed by atoms with Crippen LogP contribution in [0.15, 0.2) is 12.2 Å². The molecule has 1 aliphatic heterocycles. The zero-order valence-electron chi connectivity index (χ0n) is 20.8. The molecule has 0 saturated carbocycles. The largest absolute Gasteiger partial charge is 0.391 e. The Labute approximate surface area is 212 Å². The minimum absolute atomic E-state index is 0.0627. The van der Waals surface area contributed by atoms with E-state index >= 15 is 0 Å². The van der Waals surface area contributed by atoms with Gasteiger partial charge in [0.2, 0.25) is 17.7 Å². The van der Waals surface area contributed by atoms with Crippen molar-refractivity contribution < 1.29 is 33.9 Å². The van der Waals surface area contributed by atoms with E-state index in [4.69, 9.17) is 13.6 Å². The molecular formula is C23H36BN5O7. The van der Waals surface area contributed by atoms with Gasteiger partial charge in [-0.3, -0.25) is 28.9 Å². The van der Waals surface area contributed by atoms with E-state index in [9.17, 15) is 33.9 Å². The average Bonchev–Trinajstić information content (AvgIpc) is 3.13. The van der Waals surface area contributed by atoms with Gasteiger partial charge in [-0.15, -0.1) is 0 Å². The number of unbranched alkanes of at least 4 members (excludes halogenated alkanes) is 3. The fourth-order valence-corrected chi connectivity index (χ4v) is 3.44. The molecule has 0 aromatic carbocycles.